The molecule has 0 saturated carbocycles. The smallest absolute Gasteiger partial charge is 0.326 e. The second kappa shape index (κ2) is 8.51. The van der Waals surface area contributed by atoms with Crippen molar-refractivity contribution >= 4 is 17.8 Å². The van der Waals surface area contributed by atoms with Crippen LogP contribution in [0.2, 0.25) is 0 Å². The van der Waals surface area contributed by atoms with E-state index >= 15 is 0 Å². The van der Waals surface area contributed by atoms with Crippen LogP contribution in [0.3, 0.4) is 0 Å². The van der Waals surface area contributed by atoms with Gasteiger partial charge >= 0.3 is 5.97 Å². The molecule has 1 unspecified atom stereocenters. The summed E-state index contributed by atoms with van der Waals surface area (Å²) >= 11 is 0. The van der Waals surface area contributed by atoms with Crippen LogP contribution in [-0.4, -0.2) is 42.0 Å². The van der Waals surface area contributed by atoms with E-state index in [4.69, 9.17) is 10.8 Å². The monoisotopic (exact) mass is 245 g/mol. The molecule has 2 amide bonds. The largest absolute Gasteiger partial charge is 0.480 e. The van der Waals surface area contributed by atoms with Gasteiger partial charge in [0.25, 0.3) is 0 Å². The Hall–Kier alpha value is -1.63. The summed E-state index contributed by atoms with van der Waals surface area (Å²) in [6.45, 7) is 3.15. The molecule has 98 valence electrons. The highest BCUT2D eigenvalue weighted by Crippen LogP contribution is 1.98. The molecule has 0 spiro atoms. The van der Waals surface area contributed by atoms with E-state index in [-0.39, 0.29) is 25.2 Å². The van der Waals surface area contributed by atoms with Crippen molar-refractivity contribution in [3.63, 3.8) is 0 Å². The molecule has 7 nitrogen and oxygen atoms in total. The minimum absolute atomic E-state index is 0.0115. The van der Waals surface area contributed by atoms with Crippen molar-refractivity contribution in [2.45, 2.75) is 32.2 Å². The molecule has 7 heteroatoms. The molecular formula is C10H19N3O4. The number of amides is 2. The third-order valence-electron chi connectivity index (χ3n) is 2.09. The number of rotatable bonds is 9. The summed E-state index contributed by atoms with van der Waals surface area (Å²) in [6.07, 6.45) is 0.149. The normalized spacial score (nSPS) is 11.8. The Morgan fingerprint density at radius 1 is 1.29 bits per heavy atom. The van der Waals surface area contributed by atoms with E-state index in [1.54, 1.807) is 0 Å². The average molecular weight is 245 g/mol. The number of nitrogens with two attached hydrogens (primary N) is 1. The van der Waals surface area contributed by atoms with Crippen molar-refractivity contribution in [2.75, 3.05) is 13.1 Å². The first-order valence-electron chi connectivity index (χ1n) is 5.48. The lowest BCUT2D eigenvalue weighted by atomic mass is 10.1. The zero-order valence-corrected chi connectivity index (χ0v) is 9.86. The number of primary amides is 1. The molecule has 0 radical (unpaired) electrons. The molecule has 17 heavy (non-hydrogen) atoms. The Morgan fingerprint density at radius 2 is 1.94 bits per heavy atom. The minimum atomic E-state index is -1.16. The van der Waals surface area contributed by atoms with Crippen LogP contribution in [0.1, 0.15) is 26.2 Å². The zero-order chi connectivity index (χ0) is 13.3. The van der Waals surface area contributed by atoms with Gasteiger partial charge < -0.3 is 21.5 Å². The number of carboxylic acids is 1. The predicted molar refractivity (Wildman–Crippen MR) is 61.2 cm³/mol. The van der Waals surface area contributed by atoms with Gasteiger partial charge in [-0.2, -0.15) is 0 Å². The fourth-order valence-electron chi connectivity index (χ4n) is 1.19. The van der Waals surface area contributed by atoms with Crippen molar-refractivity contribution < 1.29 is 19.5 Å². The summed E-state index contributed by atoms with van der Waals surface area (Å²) in [6, 6.07) is -1.06. The second-order valence-corrected chi connectivity index (χ2v) is 3.57. The fraction of sp³-hybridized carbons (Fsp3) is 0.700. The van der Waals surface area contributed by atoms with Crippen LogP contribution in [0.25, 0.3) is 0 Å². The van der Waals surface area contributed by atoms with Gasteiger partial charge in [-0.1, -0.05) is 6.92 Å². The highest BCUT2D eigenvalue weighted by atomic mass is 16.4. The lowest BCUT2D eigenvalue weighted by molar-refractivity contribution is -0.142. The van der Waals surface area contributed by atoms with Gasteiger partial charge in [0.1, 0.15) is 6.04 Å². The molecule has 0 aliphatic carbocycles. The number of carbonyl (C=O) groups excluding carboxylic acids is 2. The first-order valence-corrected chi connectivity index (χ1v) is 5.48. The molecule has 0 aromatic heterocycles. The quantitative estimate of drug-likeness (QED) is 0.381. The van der Waals surface area contributed by atoms with Gasteiger partial charge in [0.05, 0.1) is 0 Å². The van der Waals surface area contributed by atoms with Crippen LogP contribution in [0, 0.1) is 0 Å². The zero-order valence-electron chi connectivity index (χ0n) is 9.86. The van der Waals surface area contributed by atoms with E-state index in [9.17, 15) is 14.4 Å². The van der Waals surface area contributed by atoms with E-state index in [0.717, 1.165) is 6.54 Å². The van der Waals surface area contributed by atoms with Crippen LogP contribution in [0.5, 0.6) is 0 Å². The number of aliphatic carboxylic acids is 1. The van der Waals surface area contributed by atoms with E-state index in [0.29, 0.717) is 6.54 Å². The molecule has 0 saturated heterocycles. The molecule has 0 fully saturated rings. The van der Waals surface area contributed by atoms with Gasteiger partial charge in [0.15, 0.2) is 0 Å². The molecule has 0 heterocycles. The Morgan fingerprint density at radius 3 is 2.41 bits per heavy atom. The summed E-state index contributed by atoms with van der Waals surface area (Å²) in [4.78, 5) is 32.7. The van der Waals surface area contributed by atoms with E-state index in [2.05, 4.69) is 10.6 Å². The highest BCUT2D eigenvalue weighted by molar-refractivity contribution is 5.84. The van der Waals surface area contributed by atoms with Gasteiger partial charge in [0, 0.05) is 19.4 Å². The van der Waals surface area contributed by atoms with Crippen molar-refractivity contribution in [2.24, 2.45) is 5.73 Å². The summed E-state index contributed by atoms with van der Waals surface area (Å²) in [5.41, 5.74) is 4.92. The van der Waals surface area contributed by atoms with Crippen LogP contribution < -0.4 is 16.4 Å². The van der Waals surface area contributed by atoms with Crippen molar-refractivity contribution in [3.8, 4) is 0 Å². The van der Waals surface area contributed by atoms with Gasteiger partial charge in [-0.05, 0) is 13.0 Å². The number of carbonyl (C=O) groups is 3. The molecule has 0 rings (SSSR count). The maximum Gasteiger partial charge on any atom is 0.326 e. The first-order chi connectivity index (χ1) is 7.97. The summed E-state index contributed by atoms with van der Waals surface area (Å²) in [7, 11) is 0. The second-order valence-electron chi connectivity index (χ2n) is 3.57. The molecule has 1 atom stereocenters. The Kier molecular flexibility index (Phi) is 7.70. The van der Waals surface area contributed by atoms with Crippen molar-refractivity contribution in [1.82, 2.24) is 10.6 Å². The minimum Gasteiger partial charge on any atom is -0.480 e. The standard InChI is InChI=1S/C10H19N3O4/c1-2-12-6-5-9(15)13-7(10(16)17)3-4-8(11)14/h7,12H,2-6H2,1H3,(H2,11,14)(H,13,15)(H,16,17). The topological polar surface area (TPSA) is 122 Å². The van der Waals surface area contributed by atoms with Gasteiger partial charge in [-0.25, -0.2) is 4.79 Å². The molecular weight excluding hydrogens is 226 g/mol. The molecule has 0 aliphatic rings. The molecule has 0 bridgehead atoms. The molecule has 5 N–H and O–H groups in total. The molecule has 0 aliphatic heterocycles. The van der Waals surface area contributed by atoms with E-state index in [1.807, 2.05) is 6.92 Å². The van der Waals surface area contributed by atoms with Crippen LogP contribution >= 0.6 is 0 Å². The van der Waals surface area contributed by atoms with Gasteiger partial charge in [-0.15, -0.1) is 0 Å². The Balaban J connectivity index is 4.02. The van der Waals surface area contributed by atoms with E-state index < -0.39 is 17.9 Å². The van der Waals surface area contributed by atoms with Crippen LogP contribution in [0.15, 0.2) is 0 Å². The number of hydrogen-bond donors (Lipinski definition) is 4. The Labute approximate surface area is 99.7 Å². The summed E-state index contributed by atoms with van der Waals surface area (Å²) in [5.74, 6) is -2.11. The summed E-state index contributed by atoms with van der Waals surface area (Å²) < 4.78 is 0. The average Bonchev–Trinajstić information content (AvgIpc) is 2.23. The van der Waals surface area contributed by atoms with Gasteiger partial charge in [0.2, 0.25) is 11.8 Å². The molecule has 0 aromatic rings. The Bertz CT molecular complexity index is 281. The van der Waals surface area contributed by atoms with E-state index in [1.165, 1.54) is 0 Å². The van der Waals surface area contributed by atoms with Gasteiger partial charge in [-0.3, -0.25) is 9.59 Å². The predicted octanol–water partition coefficient (Wildman–Crippen LogP) is -1.18. The maximum atomic E-state index is 11.3. The number of hydrogen-bond acceptors (Lipinski definition) is 4. The van der Waals surface area contributed by atoms with Crippen LogP contribution in [-0.2, 0) is 14.4 Å². The number of nitrogens with one attached hydrogen (secondary N) is 2. The number of carboxylic acid groups (broad SMARTS) is 1. The lowest BCUT2D eigenvalue weighted by Crippen LogP contribution is -2.42. The third-order valence-corrected chi connectivity index (χ3v) is 2.09. The fourth-order valence-corrected chi connectivity index (χ4v) is 1.19. The highest BCUT2D eigenvalue weighted by Gasteiger charge is 2.19. The summed E-state index contributed by atoms with van der Waals surface area (Å²) in [5, 5.41) is 14.1. The van der Waals surface area contributed by atoms with Crippen molar-refractivity contribution in [1.29, 1.82) is 0 Å². The third kappa shape index (κ3) is 8.21. The SMILES string of the molecule is CCNCCC(=O)NC(CCC(N)=O)C(=O)O. The van der Waals surface area contributed by atoms with Crippen molar-refractivity contribution in [3.05, 3.63) is 0 Å². The van der Waals surface area contributed by atoms with Crippen LogP contribution in [0.4, 0.5) is 0 Å². The molecule has 0 aromatic carbocycles. The first kappa shape index (κ1) is 15.4. The maximum absolute atomic E-state index is 11.3. The lowest BCUT2D eigenvalue weighted by Gasteiger charge is -2.13.